The van der Waals surface area contributed by atoms with Crippen molar-refractivity contribution >= 4 is 17.3 Å². The third kappa shape index (κ3) is 3.62. The summed E-state index contributed by atoms with van der Waals surface area (Å²) >= 11 is 0. The molecule has 0 atom stereocenters. The molecule has 0 unspecified atom stereocenters. The second-order valence-electron chi connectivity index (χ2n) is 5.66. The van der Waals surface area contributed by atoms with Crippen molar-refractivity contribution in [2.45, 2.75) is 20.4 Å². The van der Waals surface area contributed by atoms with E-state index in [2.05, 4.69) is 20.9 Å². The number of rotatable bonds is 5. The molecule has 2 heterocycles. The topological polar surface area (TPSA) is 85.0 Å². The number of nitrogens with zero attached hydrogens (tertiary/aromatic N) is 3. The zero-order valence-electron chi connectivity index (χ0n) is 13.8. The molecule has 0 radical (unpaired) electrons. The van der Waals surface area contributed by atoms with Gasteiger partial charge in [-0.05, 0) is 24.6 Å². The first-order chi connectivity index (χ1) is 11.5. The molecule has 24 heavy (non-hydrogen) atoms. The summed E-state index contributed by atoms with van der Waals surface area (Å²) in [5, 5.41) is 14.3. The number of aryl methyl sites for hydroxylation is 2. The van der Waals surface area contributed by atoms with Crippen LogP contribution in [0, 0.1) is 6.92 Å². The second kappa shape index (κ2) is 6.57. The minimum absolute atomic E-state index is 0.111. The molecule has 1 aromatic carbocycles. The number of amides is 1. The van der Waals surface area contributed by atoms with E-state index < -0.39 is 0 Å². The van der Waals surface area contributed by atoms with Gasteiger partial charge in [0, 0.05) is 31.8 Å². The fourth-order valence-corrected chi connectivity index (χ4v) is 2.37. The predicted octanol–water partition coefficient (Wildman–Crippen LogP) is 2.95. The Labute approximate surface area is 139 Å². The van der Waals surface area contributed by atoms with E-state index in [0.29, 0.717) is 12.3 Å². The molecule has 124 valence electrons. The van der Waals surface area contributed by atoms with Gasteiger partial charge in [0.2, 0.25) is 5.91 Å². The van der Waals surface area contributed by atoms with E-state index in [0.717, 1.165) is 28.2 Å². The van der Waals surface area contributed by atoms with Crippen molar-refractivity contribution in [3.8, 4) is 11.3 Å². The highest BCUT2D eigenvalue weighted by Crippen LogP contribution is 2.24. The summed E-state index contributed by atoms with van der Waals surface area (Å²) in [5.74, 6) is 0.588. The molecule has 0 fully saturated rings. The molecular weight excluding hydrogens is 306 g/mol. The minimum atomic E-state index is -0.111. The molecule has 2 N–H and O–H groups in total. The first-order valence-corrected chi connectivity index (χ1v) is 7.58. The van der Waals surface area contributed by atoms with Gasteiger partial charge in [0.15, 0.2) is 5.76 Å². The van der Waals surface area contributed by atoms with Crippen LogP contribution in [0.25, 0.3) is 11.3 Å². The van der Waals surface area contributed by atoms with Gasteiger partial charge in [-0.1, -0.05) is 11.2 Å². The predicted molar refractivity (Wildman–Crippen MR) is 91.5 cm³/mol. The van der Waals surface area contributed by atoms with Crippen LogP contribution >= 0.6 is 0 Å². The Morgan fingerprint density at radius 1 is 1.29 bits per heavy atom. The van der Waals surface area contributed by atoms with E-state index in [-0.39, 0.29) is 5.91 Å². The van der Waals surface area contributed by atoms with Gasteiger partial charge in [0.25, 0.3) is 0 Å². The maximum absolute atomic E-state index is 11.3. The van der Waals surface area contributed by atoms with Crippen molar-refractivity contribution in [2.75, 3.05) is 10.6 Å². The number of hydrogen-bond donors (Lipinski definition) is 2. The molecular formula is C17H19N5O2. The van der Waals surface area contributed by atoms with Crippen molar-refractivity contribution in [1.82, 2.24) is 14.9 Å². The van der Waals surface area contributed by atoms with E-state index in [1.807, 2.05) is 44.4 Å². The summed E-state index contributed by atoms with van der Waals surface area (Å²) in [7, 11) is 1.85. The number of nitrogens with one attached hydrogen (secondary N) is 2. The number of carbonyl (C=O) groups excluding carboxylic acids is 1. The molecule has 1 amide bonds. The monoisotopic (exact) mass is 325 g/mol. The average Bonchev–Trinajstić information content (AvgIpc) is 3.16. The van der Waals surface area contributed by atoms with Crippen LogP contribution in [0.15, 0.2) is 41.2 Å². The van der Waals surface area contributed by atoms with Crippen LogP contribution in [0.3, 0.4) is 0 Å². The molecule has 0 bridgehead atoms. The van der Waals surface area contributed by atoms with Crippen molar-refractivity contribution in [2.24, 2.45) is 7.05 Å². The molecule has 2 aromatic heterocycles. The van der Waals surface area contributed by atoms with Gasteiger partial charge in [-0.15, -0.1) is 0 Å². The largest absolute Gasteiger partial charge is 0.376 e. The second-order valence-corrected chi connectivity index (χ2v) is 5.66. The fraction of sp³-hybridized carbons (Fsp3) is 0.235. The van der Waals surface area contributed by atoms with Gasteiger partial charge in [0.1, 0.15) is 5.69 Å². The molecule has 0 saturated carbocycles. The van der Waals surface area contributed by atoms with Crippen LogP contribution in [0.1, 0.15) is 18.2 Å². The molecule has 3 rings (SSSR count). The summed E-state index contributed by atoms with van der Waals surface area (Å²) in [6, 6.07) is 7.67. The zero-order valence-corrected chi connectivity index (χ0v) is 13.8. The highest BCUT2D eigenvalue weighted by atomic mass is 16.5. The highest BCUT2D eigenvalue weighted by Gasteiger charge is 2.10. The lowest BCUT2D eigenvalue weighted by molar-refractivity contribution is -0.114. The Morgan fingerprint density at radius 3 is 2.83 bits per heavy atom. The molecule has 0 saturated heterocycles. The van der Waals surface area contributed by atoms with E-state index in [1.165, 1.54) is 6.92 Å². The fourth-order valence-electron chi connectivity index (χ4n) is 2.37. The summed E-state index contributed by atoms with van der Waals surface area (Å²) in [4.78, 5) is 11.3. The van der Waals surface area contributed by atoms with Crippen LogP contribution in [0.5, 0.6) is 0 Å². The van der Waals surface area contributed by atoms with E-state index in [1.54, 1.807) is 10.9 Å². The summed E-state index contributed by atoms with van der Waals surface area (Å²) in [5.41, 5.74) is 4.32. The Hall–Kier alpha value is -3.09. The maximum atomic E-state index is 11.3. The first kappa shape index (κ1) is 15.8. The minimum Gasteiger partial charge on any atom is -0.376 e. The molecule has 0 aliphatic carbocycles. The first-order valence-electron chi connectivity index (χ1n) is 7.58. The summed E-state index contributed by atoms with van der Waals surface area (Å²) < 4.78 is 7.08. The normalized spacial score (nSPS) is 10.6. The van der Waals surface area contributed by atoms with Crippen LogP contribution in [-0.2, 0) is 18.4 Å². The molecule has 0 aliphatic rings. The van der Waals surface area contributed by atoms with Crippen LogP contribution < -0.4 is 10.6 Å². The Kier molecular flexibility index (Phi) is 4.33. The van der Waals surface area contributed by atoms with Crippen LogP contribution in [0.4, 0.5) is 11.4 Å². The molecule has 0 spiro atoms. The highest BCUT2D eigenvalue weighted by molar-refractivity contribution is 5.92. The van der Waals surface area contributed by atoms with E-state index in [9.17, 15) is 4.79 Å². The third-order valence-electron chi connectivity index (χ3n) is 3.50. The lowest BCUT2D eigenvalue weighted by Crippen LogP contribution is -2.09. The lowest BCUT2D eigenvalue weighted by atomic mass is 10.2. The van der Waals surface area contributed by atoms with Crippen molar-refractivity contribution < 1.29 is 9.32 Å². The van der Waals surface area contributed by atoms with Crippen molar-refractivity contribution in [3.63, 3.8) is 0 Å². The SMILES string of the molecule is CC(=O)Nc1ccc(C)cc1NCc1cc(-c2cnn(C)c2)no1. The average molecular weight is 325 g/mol. The van der Waals surface area contributed by atoms with E-state index in [4.69, 9.17) is 4.52 Å². The smallest absolute Gasteiger partial charge is 0.221 e. The summed E-state index contributed by atoms with van der Waals surface area (Å²) in [6.07, 6.45) is 3.62. The van der Waals surface area contributed by atoms with Gasteiger partial charge in [-0.25, -0.2) is 0 Å². The van der Waals surface area contributed by atoms with Crippen LogP contribution in [0.2, 0.25) is 0 Å². The van der Waals surface area contributed by atoms with E-state index >= 15 is 0 Å². The number of anilines is 2. The number of aromatic nitrogens is 3. The Bertz CT molecular complexity index is 866. The molecule has 7 heteroatoms. The standard InChI is InChI=1S/C17H19N5O2/c1-11-4-5-15(20-12(2)23)17(6-11)18-9-14-7-16(21-24-14)13-8-19-22(3)10-13/h4-8,10,18H,9H2,1-3H3,(H,20,23). The number of hydrogen-bond acceptors (Lipinski definition) is 5. The number of benzene rings is 1. The van der Waals surface area contributed by atoms with Crippen molar-refractivity contribution in [3.05, 3.63) is 48.0 Å². The van der Waals surface area contributed by atoms with Gasteiger partial charge < -0.3 is 15.2 Å². The number of carbonyl (C=O) groups is 1. The van der Waals surface area contributed by atoms with Gasteiger partial charge in [0.05, 0.1) is 24.1 Å². The summed E-state index contributed by atoms with van der Waals surface area (Å²) in [6.45, 7) is 3.95. The van der Waals surface area contributed by atoms with Gasteiger partial charge in [-0.2, -0.15) is 5.10 Å². The molecule has 0 aliphatic heterocycles. The van der Waals surface area contributed by atoms with Gasteiger partial charge >= 0.3 is 0 Å². The zero-order chi connectivity index (χ0) is 17.1. The lowest BCUT2D eigenvalue weighted by Gasteiger charge is -2.12. The van der Waals surface area contributed by atoms with Gasteiger partial charge in [-0.3, -0.25) is 9.48 Å². The van der Waals surface area contributed by atoms with Crippen LogP contribution in [-0.4, -0.2) is 20.8 Å². The Morgan fingerprint density at radius 2 is 2.12 bits per heavy atom. The maximum Gasteiger partial charge on any atom is 0.221 e. The molecule has 7 nitrogen and oxygen atoms in total. The third-order valence-corrected chi connectivity index (χ3v) is 3.50. The van der Waals surface area contributed by atoms with Crippen molar-refractivity contribution in [1.29, 1.82) is 0 Å². The quantitative estimate of drug-likeness (QED) is 0.753. The molecule has 3 aromatic rings. The Balaban J connectivity index is 1.73.